The third-order valence-corrected chi connectivity index (χ3v) is 4.65. The maximum absolute atomic E-state index is 12.1. The Morgan fingerprint density at radius 1 is 1.00 bits per heavy atom. The molecule has 148 valence electrons. The van der Waals surface area contributed by atoms with Crippen molar-refractivity contribution in [2.75, 3.05) is 10.6 Å². The van der Waals surface area contributed by atoms with E-state index in [0.717, 1.165) is 11.1 Å². The van der Waals surface area contributed by atoms with Gasteiger partial charge < -0.3 is 15.1 Å². The van der Waals surface area contributed by atoms with Crippen molar-refractivity contribution in [3.63, 3.8) is 0 Å². The molecule has 2 aromatic carbocycles. The van der Waals surface area contributed by atoms with E-state index in [1.165, 1.54) is 6.08 Å². The zero-order chi connectivity index (χ0) is 20.8. The summed E-state index contributed by atoms with van der Waals surface area (Å²) in [5, 5.41) is 6.19. The van der Waals surface area contributed by atoms with E-state index in [2.05, 4.69) is 10.6 Å². The van der Waals surface area contributed by atoms with Crippen LogP contribution in [0.4, 0.5) is 11.4 Å². The van der Waals surface area contributed by atoms with Gasteiger partial charge in [0, 0.05) is 34.5 Å². The monoisotopic (exact) mass is 408 g/mol. The third-order valence-electron chi connectivity index (χ3n) is 4.24. The number of halogens is 1. The summed E-state index contributed by atoms with van der Waals surface area (Å²) in [5.74, 6) is 0.892. The van der Waals surface area contributed by atoms with Crippen LogP contribution in [-0.4, -0.2) is 11.8 Å². The van der Waals surface area contributed by atoms with Crippen molar-refractivity contribution in [2.45, 2.75) is 20.3 Å². The molecule has 0 atom stereocenters. The van der Waals surface area contributed by atoms with Gasteiger partial charge >= 0.3 is 0 Å². The van der Waals surface area contributed by atoms with E-state index in [0.29, 0.717) is 34.3 Å². The first-order valence-corrected chi connectivity index (χ1v) is 9.57. The number of carbonyl (C=O) groups is 2. The Balaban J connectivity index is 1.60. The standard InChI is InChI=1S/C23H21ClN2O3/c1-3-22(27)25-17-6-8-18(9-7-17)26-23(28)13-11-19-10-12-21(29-19)16-5-4-15(2)20(24)14-16/h4-14H,3H2,1-2H3,(H,25,27)(H,26,28)/b13-11+. The molecule has 2 N–H and O–H groups in total. The molecule has 0 aliphatic heterocycles. The van der Waals surface area contributed by atoms with Gasteiger partial charge in [0.2, 0.25) is 11.8 Å². The van der Waals surface area contributed by atoms with Crippen LogP contribution in [0.5, 0.6) is 0 Å². The number of furan rings is 1. The number of anilines is 2. The van der Waals surface area contributed by atoms with E-state index in [4.69, 9.17) is 16.0 Å². The van der Waals surface area contributed by atoms with Crippen LogP contribution in [0.15, 0.2) is 65.1 Å². The number of hydrogen-bond donors (Lipinski definition) is 2. The highest BCUT2D eigenvalue weighted by Gasteiger charge is 2.06. The van der Waals surface area contributed by atoms with Crippen LogP contribution < -0.4 is 10.6 Å². The molecule has 2 amide bonds. The maximum Gasteiger partial charge on any atom is 0.248 e. The molecule has 6 heteroatoms. The number of carbonyl (C=O) groups excluding carboxylic acids is 2. The molecular formula is C23H21ClN2O3. The van der Waals surface area contributed by atoms with E-state index in [1.54, 1.807) is 43.3 Å². The van der Waals surface area contributed by atoms with Crippen molar-refractivity contribution in [3.05, 3.63) is 77.0 Å². The Morgan fingerprint density at radius 3 is 2.34 bits per heavy atom. The molecule has 0 unspecified atom stereocenters. The van der Waals surface area contributed by atoms with Crippen LogP contribution in [0, 0.1) is 6.92 Å². The zero-order valence-corrected chi connectivity index (χ0v) is 16.9. The molecule has 1 heterocycles. The fourth-order valence-electron chi connectivity index (χ4n) is 2.57. The number of amides is 2. The second-order valence-electron chi connectivity index (χ2n) is 6.47. The van der Waals surface area contributed by atoms with Gasteiger partial charge in [-0.25, -0.2) is 0 Å². The van der Waals surface area contributed by atoms with E-state index in [1.807, 2.05) is 31.2 Å². The largest absolute Gasteiger partial charge is 0.457 e. The third kappa shape index (κ3) is 5.59. The minimum absolute atomic E-state index is 0.0598. The second-order valence-corrected chi connectivity index (χ2v) is 6.87. The molecule has 0 bridgehead atoms. The number of hydrogen-bond acceptors (Lipinski definition) is 3. The molecule has 0 saturated heterocycles. The Kier molecular flexibility index (Phi) is 6.52. The average molecular weight is 409 g/mol. The summed E-state index contributed by atoms with van der Waals surface area (Å²) in [7, 11) is 0. The van der Waals surface area contributed by atoms with Crippen molar-refractivity contribution in [3.8, 4) is 11.3 Å². The summed E-state index contributed by atoms with van der Waals surface area (Å²) in [6, 6.07) is 16.3. The van der Waals surface area contributed by atoms with Crippen molar-refractivity contribution >= 4 is 40.9 Å². The average Bonchev–Trinajstić information content (AvgIpc) is 3.19. The van der Waals surface area contributed by atoms with E-state index in [-0.39, 0.29) is 11.8 Å². The first-order chi connectivity index (χ1) is 13.9. The molecule has 3 aromatic rings. The van der Waals surface area contributed by atoms with Gasteiger partial charge in [-0.1, -0.05) is 30.7 Å². The molecule has 0 saturated carbocycles. The first kappa shape index (κ1) is 20.4. The molecule has 0 aliphatic carbocycles. The molecule has 0 aliphatic rings. The van der Waals surface area contributed by atoms with Crippen LogP contribution in [0.25, 0.3) is 17.4 Å². The summed E-state index contributed by atoms with van der Waals surface area (Å²) in [6.45, 7) is 3.73. The van der Waals surface area contributed by atoms with Gasteiger partial charge in [0.1, 0.15) is 11.5 Å². The van der Waals surface area contributed by atoms with E-state index >= 15 is 0 Å². The smallest absolute Gasteiger partial charge is 0.248 e. The molecular weight excluding hydrogens is 388 g/mol. The Bertz CT molecular complexity index is 1050. The summed E-state index contributed by atoms with van der Waals surface area (Å²) >= 11 is 6.16. The topological polar surface area (TPSA) is 71.3 Å². The predicted molar refractivity (Wildman–Crippen MR) is 117 cm³/mol. The van der Waals surface area contributed by atoms with Gasteiger partial charge in [0.15, 0.2) is 0 Å². The van der Waals surface area contributed by atoms with Crippen LogP contribution in [0.3, 0.4) is 0 Å². The minimum Gasteiger partial charge on any atom is -0.457 e. The molecule has 0 fully saturated rings. The molecule has 29 heavy (non-hydrogen) atoms. The van der Waals surface area contributed by atoms with Crippen LogP contribution >= 0.6 is 11.6 Å². The highest BCUT2D eigenvalue weighted by molar-refractivity contribution is 6.31. The van der Waals surface area contributed by atoms with Gasteiger partial charge in [-0.05, 0) is 61.0 Å². The first-order valence-electron chi connectivity index (χ1n) is 9.20. The highest BCUT2D eigenvalue weighted by Crippen LogP contribution is 2.27. The predicted octanol–water partition coefficient (Wildman–Crippen LogP) is 5.91. The fraction of sp³-hybridized carbons (Fsp3) is 0.130. The lowest BCUT2D eigenvalue weighted by atomic mass is 10.1. The summed E-state index contributed by atoms with van der Waals surface area (Å²) in [5.41, 5.74) is 3.19. The fourth-order valence-corrected chi connectivity index (χ4v) is 2.75. The number of nitrogens with one attached hydrogen (secondary N) is 2. The van der Waals surface area contributed by atoms with E-state index < -0.39 is 0 Å². The lowest BCUT2D eigenvalue weighted by molar-refractivity contribution is -0.116. The number of benzene rings is 2. The molecule has 0 spiro atoms. The Morgan fingerprint density at radius 2 is 1.69 bits per heavy atom. The second kappa shape index (κ2) is 9.26. The molecule has 5 nitrogen and oxygen atoms in total. The molecule has 1 aromatic heterocycles. The van der Waals surface area contributed by atoms with Crippen LogP contribution in [0.2, 0.25) is 5.02 Å². The van der Waals surface area contributed by atoms with Gasteiger partial charge in [-0.3, -0.25) is 9.59 Å². The van der Waals surface area contributed by atoms with Crippen LogP contribution in [-0.2, 0) is 9.59 Å². The summed E-state index contributed by atoms with van der Waals surface area (Å²) in [6.07, 6.45) is 3.41. The Labute approximate surface area is 174 Å². The van der Waals surface area contributed by atoms with Crippen molar-refractivity contribution in [1.29, 1.82) is 0 Å². The number of rotatable bonds is 6. The minimum atomic E-state index is -0.285. The van der Waals surface area contributed by atoms with Crippen molar-refractivity contribution in [2.24, 2.45) is 0 Å². The van der Waals surface area contributed by atoms with Gasteiger partial charge in [0.25, 0.3) is 0 Å². The lowest BCUT2D eigenvalue weighted by Crippen LogP contribution is -2.10. The van der Waals surface area contributed by atoms with Crippen molar-refractivity contribution in [1.82, 2.24) is 0 Å². The number of aryl methyl sites for hydroxylation is 1. The van der Waals surface area contributed by atoms with Crippen LogP contribution in [0.1, 0.15) is 24.7 Å². The quantitative estimate of drug-likeness (QED) is 0.498. The van der Waals surface area contributed by atoms with Gasteiger partial charge in [-0.15, -0.1) is 0 Å². The molecule has 3 rings (SSSR count). The summed E-state index contributed by atoms with van der Waals surface area (Å²) in [4.78, 5) is 23.5. The van der Waals surface area contributed by atoms with E-state index in [9.17, 15) is 9.59 Å². The summed E-state index contributed by atoms with van der Waals surface area (Å²) < 4.78 is 5.76. The Hall–Kier alpha value is -3.31. The highest BCUT2D eigenvalue weighted by atomic mass is 35.5. The van der Waals surface area contributed by atoms with Gasteiger partial charge in [0.05, 0.1) is 0 Å². The normalized spacial score (nSPS) is 10.9. The SMILES string of the molecule is CCC(=O)Nc1ccc(NC(=O)/C=C/c2ccc(-c3ccc(C)c(Cl)c3)o2)cc1. The van der Waals surface area contributed by atoms with Gasteiger partial charge in [-0.2, -0.15) is 0 Å². The zero-order valence-electron chi connectivity index (χ0n) is 16.2. The molecule has 0 radical (unpaired) electrons. The maximum atomic E-state index is 12.1. The van der Waals surface area contributed by atoms with Crippen molar-refractivity contribution < 1.29 is 14.0 Å². The lowest BCUT2D eigenvalue weighted by Gasteiger charge is -2.05.